The number of phenolic OH excluding ortho intramolecular Hbond substituents is 1. The largest absolute Gasteiger partial charge is 0.505 e. The van der Waals surface area contributed by atoms with E-state index in [4.69, 9.17) is 0 Å². The number of benzene rings is 2. The molecule has 0 fully saturated rings. The maximum Gasteiger partial charge on any atom is 0.146 e. The van der Waals surface area contributed by atoms with E-state index >= 15 is 0 Å². The maximum atomic E-state index is 10.4. The lowest BCUT2D eigenvalue weighted by molar-refractivity contribution is 0.462. The average Bonchev–Trinajstić information content (AvgIpc) is 2.80. The van der Waals surface area contributed by atoms with Crippen molar-refractivity contribution >= 4 is 11.0 Å². The van der Waals surface area contributed by atoms with E-state index in [-0.39, 0.29) is 5.75 Å². The second-order valence-electron chi connectivity index (χ2n) is 5.75. The molecule has 0 atom stereocenters. The minimum atomic E-state index is 0.242. The summed E-state index contributed by atoms with van der Waals surface area (Å²) in [6.07, 6.45) is 0. The Morgan fingerprint density at radius 1 is 0.762 bits per heavy atom. The molecule has 3 aromatic rings. The van der Waals surface area contributed by atoms with Crippen LogP contribution in [0.3, 0.4) is 0 Å². The number of nitrogens with zero attached hydrogens (tertiary/aromatic N) is 3. The fourth-order valence-electron chi connectivity index (χ4n) is 2.57. The van der Waals surface area contributed by atoms with E-state index in [0.717, 1.165) is 27.7 Å². The predicted octanol–water partition coefficient (Wildman–Crippen LogP) is 3.67. The summed E-state index contributed by atoms with van der Waals surface area (Å²) in [6.45, 7) is 10.0. The molecule has 0 saturated carbocycles. The number of fused-ring (bicyclic) bond motifs is 1. The molecule has 0 radical (unpaired) electrons. The molecule has 0 aliphatic rings. The normalized spacial score (nSPS) is 11.3. The van der Waals surface area contributed by atoms with E-state index in [0.29, 0.717) is 5.69 Å². The van der Waals surface area contributed by atoms with E-state index in [1.807, 2.05) is 39.0 Å². The first-order valence-electron chi connectivity index (χ1n) is 7.03. The van der Waals surface area contributed by atoms with E-state index < -0.39 is 0 Å². The van der Waals surface area contributed by atoms with Gasteiger partial charge >= 0.3 is 0 Å². The zero-order valence-electron chi connectivity index (χ0n) is 13.0. The van der Waals surface area contributed by atoms with Gasteiger partial charge in [-0.05, 0) is 74.6 Å². The first kappa shape index (κ1) is 13.6. The van der Waals surface area contributed by atoms with Crippen molar-refractivity contribution in [3.63, 3.8) is 0 Å². The molecule has 0 aliphatic carbocycles. The topological polar surface area (TPSA) is 50.9 Å². The quantitative estimate of drug-likeness (QED) is 0.740. The lowest BCUT2D eigenvalue weighted by Crippen LogP contribution is -2.04. The van der Waals surface area contributed by atoms with Crippen molar-refractivity contribution in [2.24, 2.45) is 0 Å². The number of aryl methyl sites for hydroxylation is 4. The molecular formula is C17H19N3O. The van der Waals surface area contributed by atoms with Crippen LogP contribution in [0, 0.1) is 34.6 Å². The predicted molar refractivity (Wildman–Crippen MR) is 84.2 cm³/mol. The van der Waals surface area contributed by atoms with Crippen molar-refractivity contribution in [2.75, 3.05) is 0 Å². The standard InChI is InChI=1S/C17H19N3O/c1-9-7-14-15(8-10(9)2)19-20(18-14)16-13(5)11(3)6-12(4)17(16)21/h6-8,21H,1-5H3. The second kappa shape index (κ2) is 4.58. The summed E-state index contributed by atoms with van der Waals surface area (Å²) >= 11 is 0. The third kappa shape index (κ3) is 2.07. The summed E-state index contributed by atoms with van der Waals surface area (Å²) < 4.78 is 0. The summed E-state index contributed by atoms with van der Waals surface area (Å²) in [5.74, 6) is 0.242. The molecule has 1 N–H and O–H groups in total. The van der Waals surface area contributed by atoms with E-state index in [1.54, 1.807) is 4.80 Å². The average molecular weight is 281 g/mol. The minimum absolute atomic E-state index is 0.242. The number of phenols is 1. The van der Waals surface area contributed by atoms with Crippen LogP contribution in [-0.2, 0) is 0 Å². The Morgan fingerprint density at radius 3 is 1.81 bits per heavy atom. The van der Waals surface area contributed by atoms with Gasteiger partial charge in [0.15, 0.2) is 0 Å². The third-order valence-electron chi connectivity index (χ3n) is 4.17. The van der Waals surface area contributed by atoms with Crippen LogP contribution >= 0.6 is 0 Å². The number of rotatable bonds is 1. The molecule has 0 spiro atoms. The zero-order valence-corrected chi connectivity index (χ0v) is 13.0. The van der Waals surface area contributed by atoms with Crippen molar-refractivity contribution in [2.45, 2.75) is 34.6 Å². The van der Waals surface area contributed by atoms with Gasteiger partial charge in [0.25, 0.3) is 0 Å². The molecule has 0 saturated heterocycles. The number of hydrogen-bond donors (Lipinski definition) is 1. The molecule has 1 aromatic heterocycles. The molecule has 21 heavy (non-hydrogen) atoms. The van der Waals surface area contributed by atoms with Crippen LogP contribution in [0.1, 0.15) is 27.8 Å². The van der Waals surface area contributed by atoms with Crippen LogP contribution in [0.2, 0.25) is 0 Å². The van der Waals surface area contributed by atoms with Gasteiger partial charge in [0.2, 0.25) is 0 Å². The molecule has 0 unspecified atom stereocenters. The molecule has 4 nitrogen and oxygen atoms in total. The van der Waals surface area contributed by atoms with Gasteiger partial charge in [-0.1, -0.05) is 6.07 Å². The lowest BCUT2D eigenvalue weighted by Gasteiger charge is -2.12. The molecule has 3 rings (SSSR count). The van der Waals surface area contributed by atoms with Crippen molar-refractivity contribution in [3.8, 4) is 11.4 Å². The van der Waals surface area contributed by atoms with Crippen LogP contribution in [0.5, 0.6) is 5.75 Å². The Hall–Kier alpha value is -2.36. The van der Waals surface area contributed by atoms with Crippen LogP contribution in [0.15, 0.2) is 18.2 Å². The van der Waals surface area contributed by atoms with E-state index in [9.17, 15) is 5.11 Å². The molecule has 0 amide bonds. The van der Waals surface area contributed by atoms with Gasteiger partial charge < -0.3 is 5.11 Å². The molecule has 1 heterocycles. The Balaban J connectivity index is 2.31. The molecule has 108 valence electrons. The van der Waals surface area contributed by atoms with Crippen molar-refractivity contribution in [1.29, 1.82) is 0 Å². The molecule has 0 aliphatic heterocycles. The van der Waals surface area contributed by atoms with Gasteiger partial charge in [-0.15, -0.1) is 15.0 Å². The fraction of sp³-hybridized carbons (Fsp3) is 0.294. The smallest absolute Gasteiger partial charge is 0.146 e. The van der Waals surface area contributed by atoms with E-state index in [2.05, 4.69) is 24.0 Å². The van der Waals surface area contributed by atoms with Crippen molar-refractivity contribution in [3.05, 3.63) is 46.0 Å². The summed E-state index contributed by atoms with van der Waals surface area (Å²) in [7, 11) is 0. The minimum Gasteiger partial charge on any atom is -0.505 e. The molecule has 2 aromatic carbocycles. The highest BCUT2D eigenvalue weighted by Gasteiger charge is 2.16. The second-order valence-corrected chi connectivity index (χ2v) is 5.75. The highest BCUT2D eigenvalue weighted by molar-refractivity contribution is 5.76. The molecular weight excluding hydrogens is 262 g/mol. The number of hydrogen-bond acceptors (Lipinski definition) is 3. The van der Waals surface area contributed by atoms with Gasteiger partial charge in [0.05, 0.1) is 0 Å². The number of aromatic hydroxyl groups is 1. The Labute approximate surface area is 124 Å². The first-order chi connectivity index (χ1) is 9.88. The summed E-state index contributed by atoms with van der Waals surface area (Å²) in [4.78, 5) is 1.55. The monoisotopic (exact) mass is 281 g/mol. The van der Waals surface area contributed by atoms with Crippen LogP contribution in [-0.4, -0.2) is 20.1 Å². The van der Waals surface area contributed by atoms with Gasteiger partial charge in [-0.2, -0.15) is 0 Å². The summed E-state index contributed by atoms with van der Waals surface area (Å²) in [5.41, 5.74) is 7.68. The van der Waals surface area contributed by atoms with Crippen LogP contribution in [0.25, 0.3) is 16.7 Å². The first-order valence-corrected chi connectivity index (χ1v) is 7.03. The highest BCUT2D eigenvalue weighted by atomic mass is 16.3. The summed E-state index contributed by atoms with van der Waals surface area (Å²) in [5, 5.41) is 19.5. The van der Waals surface area contributed by atoms with Gasteiger partial charge in [-0.25, -0.2) is 0 Å². The van der Waals surface area contributed by atoms with Crippen molar-refractivity contribution < 1.29 is 5.11 Å². The highest BCUT2D eigenvalue weighted by Crippen LogP contribution is 2.31. The van der Waals surface area contributed by atoms with Gasteiger partial charge in [-0.3, -0.25) is 0 Å². The fourth-order valence-corrected chi connectivity index (χ4v) is 2.57. The Kier molecular flexibility index (Phi) is 2.97. The van der Waals surface area contributed by atoms with Gasteiger partial charge in [0, 0.05) is 0 Å². The maximum absolute atomic E-state index is 10.4. The Morgan fingerprint density at radius 2 is 1.29 bits per heavy atom. The lowest BCUT2D eigenvalue weighted by atomic mass is 10.0. The van der Waals surface area contributed by atoms with E-state index in [1.165, 1.54) is 11.1 Å². The van der Waals surface area contributed by atoms with Crippen molar-refractivity contribution in [1.82, 2.24) is 15.0 Å². The Bertz CT molecular complexity index is 797. The molecule has 4 heteroatoms. The SMILES string of the molecule is Cc1cc2nn(-c3c(C)c(C)cc(C)c3O)nc2cc1C. The van der Waals surface area contributed by atoms with Gasteiger partial charge in [0.1, 0.15) is 22.5 Å². The van der Waals surface area contributed by atoms with Crippen LogP contribution < -0.4 is 0 Å². The zero-order chi connectivity index (χ0) is 15.3. The number of aromatic nitrogens is 3. The van der Waals surface area contributed by atoms with Crippen LogP contribution in [0.4, 0.5) is 0 Å². The third-order valence-corrected chi connectivity index (χ3v) is 4.17. The summed E-state index contributed by atoms with van der Waals surface area (Å²) in [6, 6.07) is 6.04. The molecule has 0 bridgehead atoms.